The second-order valence-electron chi connectivity index (χ2n) is 5.12. The molecule has 1 heterocycles. The summed E-state index contributed by atoms with van der Waals surface area (Å²) in [6.45, 7) is -0.0972. The third-order valence-corrected chi connectivity index (χ3v) is 4.98. The predicted octanol–water partition coefficient (Wildman–Crippen LogP) is 1.67. The molecule has 0 atom stereocenters. The maximum atomic E-state index is 13.3. The van der Waals surface area contributed by atoms with Gasteiger partial charge in [0.05, 0.1) is 5.69 Å². The molecule has 0 bridgehead atoms. The van der Waals surface area contributed by atoms with Crippen molar-refractivity contribution >= 4 is 21.6 Å². The average Bonchev–Trinajstić information content (AvgIpc) is 3.05. The van der Waals surface area contributed by atoms with Crippen LogP contribution in [0.15, 0.2) is 35.4 Å². The van der Waals surface area contributed by atoms with Crippen LogP contribution in [0.2, 0.25) is 0 Å². The zero-order valence-electron chi connectivity index (χ0n) is 13.5. The van der Waals surface area contributed by atoms with E-state index in [2.05, 4.69) is 16.2 Å². The van der Waals surface area contributed by atoms with Gasteiger partial charge >= 0.3 is 0 Å². The number of hydrogen-bond acceptors (Lipinski definition) is 4. The molecular formula is C16H16FN3O4S. The highest BCUT2D eigenvalue weighted by Gasteiger charge is 2.21. The van der Waals surface area contributed by atoms with Gasteiger partial charge in [0, 0.05) is 26.4 Å². The van der Waals surface area contributed by atoms with Crippen LogP contribution < -0.4 is 10.1 Å². The summed E-state index contributed by atoms with van der Waals surface area (Å²) in [7, 11) is -0.893. The molecule has 2 N–H and O–H groups in total. The first-order chi connectivity index (χ1) is 11.8. The number of anilines is 1. The minimum Gasteiger partial charge on any atom is -0.479 e. The summed E-state index contributed by atoms with van der Waals surface area (Å²) in [5.74, 6) is 1.15. The highest BCUT2D eigenvalue weighted by Crippen LogP contribution is 2.26. The SMILES string of the molecule is C#CCOc1cc(F)ccc1NC(=O)c1cc(S(=O)(=O)N(C)C)c[nH]1. The van der Waals surface area contributed by atoms with Crippen molar-refractivity contribution in [3.63, 3.8) is 0 Å². The van der Waals surface area contributed by atoms with E-state index in [1.807, 2.05) is 0 Å². The van der Waals surface area contributed by atoms with Gasteiger partial charge in [-0.05, 0) is 18.2 Å². The van der Waals surface area contributed by atoms with Crippen molar-refractivity contribution in [2.75, 3.05) is 26.0 Å². The molecule has 0 fully saturated rings. The van der Waals surface area contributed by atoms with Crippen LogP contribution in [-0.2, 0) is 10.0 Å². The van der Waals surface area contributed by atoms with E-state index < -0.39 is 21.7 Å². The largest absolute Gasteiger partial charge is 0.479 e. The number of terminal acetylenes is 1. The molecule has 2 rings (SSSR count). The maximum Gasteiger partial charge on any atom is 0.272 e. The fourth-order valence-electron chi connectivity index (χ4n) is 1.89. The van der Waals surface area contributed by atoms with E-state index in [1.165, 1.54) is 32.4 Å². The maximum absolute atomic E-state index is 13.3. The molecule has 1 aromatic carbocycles. The number of rotatable bonds is 6. The smallest absolute Gasteiger partial charge is 0.272 e. The van der Waals surface area contributed by atoms with Crippen molar-refractivity contribution in [1.82, 2.24) is 9.29 Å². The van der Waals surface area contributed by atoms with Crippen molar-refractivity contribution in [1.29, 1.82) is 0 Å². The van der Waals surface area contributed by atoms with Crippen molar-refractivity contribution in [3.8, 4) is 18.1 Å². The van der Waals surface area contributed by atoms with Crippen LogP contribution in [0, 0.1) is 18.2 Å². The number of nitrogens with one attached hydrogen (secondary N) is 2. The van der Waals surface area contributed by atoms with Gasteiger partial charge in [-0.15, -0.1) is 6.42 Å². The molecule has 0 aliphatic heterocycles. The minimum absolute atomic E-state index is 0.0210. The van der Waals surface area contributed by atoms with E-state index in [4.69, 9.17) is 11.2 Å². The van der Waals surface area contributed by atoms with Crippen LogP contribution in [0.1, 0.15) is 10.5 Å². The Bertz CT molecular complexity index is 929. The Kier molecular flexibility index (Phi) is 5.46. The molecule has 0 saturated carbocycles. The predicted molar refractivity (Wildman–Crippen MR) is 90.3 cm³/mol. The number of carbonyl (C=O) groups excluding carboxylic acids is 1. The number of H-pyrrole nitrogens is 1. The molecule has 9 heteroatoms. The number of benzene rings is 1. The third kappa shape index (κ3) is 4.17. The second-order valence-corrected chi connectivity index (χ2v) is 7.28. The van der Waals surface area contributed by atoms with Crippen molar-refractivity contribution in [2.24, 2.45) is 0 Å². The zero-order valence-corrected chi connectivity index (χ0v) is 14.4. The van der Waals surface area contributed by atoms with E-state index in [0.29, 0.717) is 0 Å². The summed E-state index contributed by atoms with van der Waals surface area (Å²) < 4.78 is 43.6. The number of ether oxygens (including phenoxy) is 1. The van der Waals surface area contributed by atoms with Crippen LogP contribution in [0.5, 0.6) is 5.75 Å². The standard InChI is InChI=1S/C16H16FN3O4S/c1-4-7-24-15-8-11(17)5-6-13(15)19-16(21)14-9-12(10-18-14)25(22,23)20(2)3/h1,5-6,8-10,18H,7H2,2-3H3,(H,19,21). The van der Waals surface area contributed by atoms with E-state index in [9.17, 15) is 17.6 Å². The lowest BCUT2D eigenvalue weighted by Gasteiger charge is -2.11. The van der Waals surface area contributed by atoms with Crippen LogP contribution >= 0.6 is 0 Å². The molecule has 0 aliphatic carbocycles. The Morgan fingerprint density at radius 2 is 2.12 bits per heavy atom. The molecule has 0 aliphatic rings. The van der Waals surface area contributed by atoms with Gasteiger partial charge in [-0.25, -0.2) is 17.1 Å². The molecule has 1 amide bonds. The number of sulfonamides is 1. The molecule has 0 saturated heterocycles. The van der Waals surface area contributed by atoms with Gasteiger partial charge in [-0.3, -0.25) is 4.79 Å². The third-order valence-electron chi connectivity index (χ3n) is 3.18. The van der Waals surface area contributed by atoms with Crippen LogP contribution in [0.3, 0.4) is 0 Å². The number of nitrogens with zero attached hydrogens (tertiary/aromatic N) is 1. The van der Waals surface area contributed by atoms with Crippen molar-refractivity contribution < 1.29 is 22.3 Å². The molecule has 132 valence electrons. The fourth-order valence-corrected chi connectivity index (χ4v) is 2.79. The Balaban J connectivity index is 2.24. The van der Waals surface area contributed by atoms with Crippen LogP contribution in [-0.4, -0.2) is 44.3 Å². The highest BCUT2D eigenvalue weighted by molar-refractivity contribution is 7.89. The van der Waals surface area contributed by atoms with Crippen molar-refractivity contribution in [3.05, 3.63) is 42.0 Å². The summed E-state index contributed by atoms with van der Waals surface area (Å²) in [5, 5.41) is 2.52. The van der Waals surface area contributed by atoms with E-state index in [-0.39, 0.29) is 28.6 Å². The lowest BCUT2D eigenvalue weighted by molar-refractivity contribution is 0.102. The quantitative estimate of drug-likeness (QED) is 0.762. The average molecular weight is 365 g/mol. The van der Waals surface area contributed by atoms with Crippen LogP contribution in [0.25, 0.3) is 0 Å². The first-order valence-electron chi connectivity index (χ1n) is 7.04. The lowest BCUT2D eigenvalue weighted by atomic mass is 10.2. The zero-order chi connectivity index (χ0) is 18.6. The van der Waals surface area contributed by atoms with Gasteiger partial charge in [0.1, 0.15) is 28.8 Å². The molecular weight excluding hydrogens is 349 g/mol. The molecule has 7 nitrogen and oxygen atoms in total. The van der Waals surface area contributed by atoms with Gasteiger partial charge in [0.25, 0.3) is 5.91 Å². The Morgan fingerprint density at radius 1 is 1.40 bits per heavy atom. The van der Waals surface area contributed by atoms with Crippen molar-refractivity contribution in [2.45, 2.75) is 4.90 Å². The first-order valence-corrected chi connectivity index (χ1v) is 8.48. The topological polar surface area (TPSA) is 91.5 Å². The van der Waals surface area contributed by atoms with Gasteiger partial charge in [-0.2, -0.15) is 0 Å². The molecule has 0 radical (unpaired) electrons. The molecule has 2 aromatic rings. The molecule has 0 spiro atoms. The van der Waals surface area contributed by atoms with E-state index in [0.717, 1.165) is 16.4 Å². The minimum atomic E-state index is -3.66. The number of amides is 1. The summed E-state index contributed by atoms with van der Waals surface area (Å²) in [4.78, 5) is 14.8. The van der Waals surface area contributed by atoms with Gasteiger partial charge < -0.3 is 15.0 Å². The van der Waals surface area contributed by atoms with E-state index in [1.54, 1.807) is 0 Å². The Labute approximate surface area is 144 Å². The number of halogens is 1. The normalized spacial score (nSPS) is 11.2. The number of carbonyl (C=O) groups is 1. The summed E-state index contributed by atoms with van der Waals surface area (Å²) >= 11 is 0. The number of aromatic nitrogens is 1. The summed E-state index contributed by atoms with van der Waals surface area (Å²) in [6.07, 6.45) is 6.32. The molecule has 25 heavy (non-hydrogen) atoms. The Hall–Kier alpha value is -2.83. The van der Waals surface area contributed by atoms with Gasteiger partial charge in [-0.1, -0.05) is 5.92 Å². The van der Waals surface area contributed by atoms with Gasteiger partial charge in [0.15, 0.2) is 0 Å². The second kappa shape index (κ2) is 7.38. The van der Waals surface area contributed by atoms with Gasteiger partial charge in [0.2, 0.25) is 10.0 Å². The molecule has 1 aromatic heterocycles. The van der Waals surface area contributed by atoms with Crippen LogP contribution in [0.4, 0.5) is 10.1 Å². The number of hydrogen-bond donors (Lipinski definition) is 2. The molecule has 0 unspecified atom stereocenters. The number of aromatic amines is 1. The summed E-state index contributed by atoms with van der Waals surface area (Å²) in [5.41, 5.74) is 0.223. The Morgan fingerprint density at radius 3 is 2.76 bits per heavy atom. The first kappa shape index (κ1) is 18.5. The van der Waals surface area contributed by atoms with E-state index >= 15 is 0 Å². The monoisotopic (exact) mass is 365 g/mol. The summed E-state index contributed by atoms with van der Waals surface area (Å²) in [6, 6.07) is 4.76. The lowest BCUT2D eigenvalue weighted by Crippen LogP contribution is -2.21. The fraction of sp³-hybridized carbons (Fsp3) is 0.188. The highest BCUT2D eigenvalue weighted by atomic mass is 32.2.